The van der Waals surface area contributed by atoms with Gasteiger partial charge in [0.25, 0.3) is 0 Å². The summed E-state index contributed by atoms with van der Waals surface area (Å²) < 4.78 is 28.7. The van der Waals surface area contributed by atoms with Crippen molar-refractivity contribution in [2.24, 2.45) is 0 Å². The first-order valence-electron chi connectivity index (χ1n) is 7.71. The number of rotatable bonds is 6. The summed E-state index contributed by atoms with van der Waals surface area (Å²) in [5.74, 6) is 0.169. The molecule has 0 amide bonds. The van der Waals surface area contributed by atoms with Gasteiger partial charge in [0, 0.05) is 35.4 Å². The number of aryl methyl sites for hydroxylation is 1. The predicted octanol–water partition coefficient (Wildman–Crippen LogP) is 3.85. The number of fused-ring (bicyclic) bond motifs is 1. The summed E-state index contributed by atoms with van der Waals surface area (Å²) in [6, 6.07) is 2.63. The van der Waals surface area contributed by atoms with Crippen LogP contribution in [0.4, 0.5) is 14.5 Å². The average Bonchev–Trinajstić information content (AvgIpc) is 2.99. The highest BCUT2D eigenvalue weighted by molar-refractivity contribution is 7.99. The third-order valence-electron chi connectivity index (χ3n) is 3.66. The number of hydrogen-bond acceptors (Lipinski definition) is 5. The summed E-state index contributed by atoms with van der Waals surface area (Å²) >= 11 is 1.71. The molecular formula is C17H17F2N5S. The van der Waals surface area contributed by atoms with Crippen molar-refractivity contribution in [3.63, 3.8) is 0 Å². The third-order valence-corrected chi connectivity index (χ3v) is 4.42. The molecule has 0 bridgehead atoms. The highest BCUT2D eigenvalue weighted by Gasteiger charge is 2.17. The van der Waals surface area contributed by atoms with Gasteiger partial charge in [0.15, 0.2) is 11.5 Å². The van der Waals surface area contributed by atoms with E-state index in [4.69, 9.17) is 5.41 Å². The van der Waals surface area contributed by atoms with Crippen molar-refractivity contribution in [3.05, 3.63) is 59.3 Å². The zero-order valence-corrected chi connectivity index (χ0v) is 14.6. The molecule has 0 unspecified atom stereocenters. The van der Waals surface area contributed by atoms with Gasteiger partial charge >= 0.3 is 0 Å². The summed E-state index contributed by atoms with van der Waals surface area (Å²) in [7, 11) is 0. The number of nitrogens with zero attached hydrogens (tertiary/aromatic N) is 3. The number of halogens is 2. The second-order valence-electron chi connectivity index (χ2n) is 5.40. The molecule has 3 rings (SSSR count). The van der Waals surface area contributed by atoms with Gasteiger partial charge in [-0.3, -0.25) is 14.8 Å². The van der Waals surface area contributed by atoms with E-state index in [2.05, 4.69) is 22.2 Å². The fraction of sp³-hybridized carbons (Fsp3) is 0.235. The minimum atomic E-state index is -0.765. The molecule has 8 heteroatoms. The van der Waals surface area contributed by atoms with Crippen molar-refractivity contribution in [1.29, 1.82) is 5.41 Å². The summed E-state index contributed by atoms with van der Waals surface area (Å²) in [4.78, 5) is 8.21. The normalized spacial score (nSPS) is 11.0. The Balaban J connectivity index is 2.04. The van der Waals surface area contributed by atoms with Crippen LogP contribution in [0.3, 0.4) is 0 Å². The fourth-order valence-corrected chi connectivity index (χ4v) is 2.94. The van der Waals surface area contributed by atoms with Crippen LogP contribution in [0.1, 0.15) is 23.9 Å². The van der Waals surface area contributed by atoms with Crippen molar-refractivity contribution in [2.75, 3.05) is 16.9 Å². The van der Waals surface area contributed by atoms with Gasteiger partial charge in [0.05, 0.1) is 23.5 Å². The van der Waals surface area contributed by atoms with Crippen molar-refractivity contribution < 1.29 is 8.78 Å². The number of thioether (sulfide) groups is 1. The lowest BCUT2D eigenvalue weighted by atomic mass is 10.1. The molecule has 5 nitrogen and oxygen atoms in total. The van der Waals surface area contributed by atoms with Crippen LogP contribution in [0.2, 0.25) is 0 Å². The Morgan fingerprint density at radius 1 is 1.28 bits per heavy atom. The highest BCUT2D eigenvalue weighted by Crippen LogP contribution is 2.22. The van der Waals surface area contributed by atoms with Gasteiger partial charge in [-0.1, -0.05) is 6.92 Å². The number of pyridine rings is 2. The third kappa shape index (κ3) is 3.48. The lowest BCUT2D eigenvalue weighted by Gasteiger charge is -2.13. The second-order valence-corrected chi connectivity index (χ2v) is 6.68. The molecule has 3 aromatic heterocycles. The Labute approximate surface area is 148 Å². The van der Waals surface area contributed by atoms with E-state index in [0.717, 1.165) is 29.4 Å². The molecule has 25 heavy (non-hydrogen) atoms. The molecule has 2 N–H and O–H groups in total. The summed E-state index contributed by atoms with van der Waals surface area (Å²) in [6.07, 6.45) is 4.08. The summed E-state index contributed by atoms with van der Waals surface area (Å²) in [6.45, 7) is 3.93. The number of nitrogens with one attached hydrogen (secondary N) is 2. The Kier molecular flexibility index (Phi) is 4.98. The molecular weight excluding hydrogens is 344 g/mol. The predicted molar refractivity (Wildman–Crippen MR) is 96.6 cm³/mol. The number of anilines is 1. The van der Waals surface area contributed by atoms with Crippen LogP contribution in [0.5, 0.6) is 0 Å². The van der Waals surface area contributed by atoms with E-state index in [-0.39, 0.29) is 11.4 Å². The van der Waals surface area contributed by atoms with Crippen LogP contribution in [0.25, 0.3) is 5.65 Å². The molecule has 130 valence electrons. The Bertz CT molecular complexity index is 938. The first-order valence-corrected chi connectivity index (χ1v) is 8.86. The number of aromatic nitrogens is 3. The maximum atomic E-state index is 13.8. The standard InChI is InChI=1S/C17H17F2N5S/c1-3-25-9-23-14-4-10(2)21-6-12(14)16(20)15-7-22-17-13(19)5-11(18)8-24(15)17/h4-8,20H,3,9H2,1-2H3,(H,21,23). The topological polar surface area (TPSA) is 66.1 Å². The van der Waals surface area contributed by atoms with Crippen LogP contribution in [0, 0.1) is 24.0 Å². The molecule has 0 aliphatic heterocycles. The van der Waals surface area contributed by atoms with Gasteiger partial charge in [-0.2, -0.15) is 0 Å². The van der Waals surface area contributed by atoms with E-state index in [0.29, 0.717) is 17.1 Å². The molecule has 0 saturated carbocycles. The van der Waals surface area contributed by atoms with Gasteiger partial charge < -0.3 is 5.32 Å². The molecule has 0 atom stereocenters. The molecule has 3 aromatic rings. The lowest BCUT2D eigenvalue weighted by Crippen LogP contribution is -2.11. The summed E-state index contributed by atoms with van der Waals surface area (Å²) in [5, 5.41) is 11.8. The molecule has 0 radical (unpaired) electrons. The van der Waals surface area contributed by atoms with Crippen LogP contribution >= 0.6 is 11.8 Å². The van der Waals surface area contributed by atoms with E-state index >= 15 is 0 Å². The van der Waals surface area contributed by atoms with Crippen LogP contribution in [-0.4, -0.2) is 31.7 Å². The van der Waals surface area contributed by atoms with E-state index in [1.807, 2.05) is 13.0 Å². The van der Waals surface area contributed by atoms with E-state index < -0.39 is 11.6 Å². The van der Waals surface area contributed by atoms with Crippen LogP contribution < -0.4 is 5.32 Å². The van der Waals surface area contributed by atoms with Crippen molar-refractivity contribution in [2.45, 2.75) is 13.8 Å². The van der Waals surface area contributed by atoms with E-state index in [1.165, 1.54) is 10.6 Å². The van der Waals surface area contributed by atoms with Gasteiger partial charge in [-0.25, -0.2) is 13.8 Å². The first kappa shape index (κ1) is 17.3. The maximum absolute atomic E-state index is 13.8. The number of hydrogen-bond donors (Lipinski definition) is 2. The average molecular weight is 361 g/mol. The quantitative estimate of drug-likeness (QED) is 0.398. The largest absolute Gasteiger partial charge is 0.375 e. The smallest absolute Gasteiger partial charge is 0.173 e. The van der Waals surface area contributed by atoms with Crippen molar-refractivity contribution in [1.82, 2.24) is 14.4 Å². The highest BCUT2D eigenvalue weighted by atomic mass is 32.2. The molecule has 0 fully saturated rings. The lowest BCUT2D eigenvalue weighted by molar-refractivity contribution is 0.576. The minimum absolute atomic E-state index is 0.0164. The Hall–Kier alpha value is -2.48. The van der Waals surface area contributed by atoms with Gasteiger partial charge in [-0.05, 0) is 18.7 Å². The zero-order chi connectivity index (χ0) is 18.0. The molecule has 0 aromatic carbocycles. The molecule has 0 spiro atoms. The second kappa shape index (κ2) is 7.18. The SMILES string of the molecule is CCSCNc1cc(C)ncc1C(=N)c1cnc2c(F)cc(F)cn12. The maximum Gasteiger partial charge on any atom is 0.173 e. The molecule has 3 heterocycles. The molecule has 0 saturated heterocycles. The van der Waals surface area contributed by atoms with Crippen molar-refractivity contribution >= 4 is 28.8 Å². The van der Waals surface area contributed by atoms with Crippen LogP contribution in [0.15, 0.2) is 30.7 Å². The molecule has 0 aliphatic carbocycles. The Morgan fingerprint density at radius 2 is 2.08 bits per heavy atom. The molecule has 0 aliphatic rings. The van der Waals surface area contributed by atoms with Gasteiger partial charge in [0.1, 0.15) is 5.82 Å². The monoisotopic (exact) mass is 361 g/mol. The fourth-order valence-electron chi connectivity index (χ4n) is 2.47. The van der Waals surface area contributed by atoms with Gasteiger partial charge in [0.2, 0.25) is 0 Å². The summed E-state index contributed by atoms with van der Waals surface area (Å²) in [5.41, 5.74) is 2.49. The van der Waals surface area contributed by atoms with E-state index in [1.54, 1.807) is 18.0 Å². The number of imidazole rings is 1. The van der Waals surface area contributed by atoms with Crippen molar-refractivity contribution in [3.8, 4) is 0 Å². The zero-order valence-electron chi connectivity index (χ0n) is 13.8. The van der Waals surface area contributed by atoms with E-state index in [9.17, 15) is 8.78 Å². The first-order chi connectivity index (χ1) is 12.0. The van der Waals surface area contributed by atoms with Gasteiger partial charge in [-0.15, -0.1) is 11.8 Å². The Morgan fingerprint density at radius 3 is 2.84 bits per heavy atom. The van der Waals surface area contributed by atoms with Crippen LogP contribution in [-0.2, 0) is 0 Å². The minimum Gasteiger partial charge on any atom is -0.375 e.